The van der Waals surface area contributed by atoms with E-state index >= 15 is 0 Å². The van der Waals surface area contributed by atoms with Gasteiger partial charge in [-0.15, -0.1) is 0 Å². The first-order valence-electron chi connectivity index (χ1n) is 10.1. The summed E-state index contributed by atoms with van der Waals surface area (Å²) in [5, 5.41) is 0. The van der Waals surface area contributed by atoms with Gasteiger partial charge in [0.1, 0.15) is 0 Å². The molecule has 0 fully saturated rings. The van der Waals surface area contributed by atoms with Crippen LogP contribution in [0.15, 0.2) is 54.6 Å². The molecule has 0 aromatic heterocycles. The average Bonchev–Trinajstić information content (AvgIpc) is 2.56. The van der Waals surface area contributed by atoms with Crippen LogP contribution in [-0.2, 0) is 25.7 Å². The lowest BCUT2D eigenvalue weighted by Gasteiger charge is -2.10. The van der Waals surface area contributed by atoms with Crippen LogP contribution < -0.4 is 0 Å². The van der Waals surface area contributed by atoms with E-state index in [1.807, 2.05) is 0 Å². The van der Waals surface area contributed by atoms with Crippen molar-refractivity contribution in [3.8, 4) is 0 Å². The monoisotopic (exact) mass is 356 g/mol. The summed E-state index contributed by atoms with van der Waals surface area (Å²) in [6.45, 7) is 11.0. The number of aryl methyl sites for hydroxylation is 9. The average molecular weight is 357 g/mol. The SMILES string of the molecule is Cc1cc(C)cc(CCc2cc(C)cc(CCc3cc(C)cc(C)c3)c2)c1. The Labute approximate surface area is 165 Å². The molecule has 0 spiro atoms. The van der Waals surface area contributed by atoms with Crippen LogP contribution >= 0.6 is 0 Å². The van der Waals surface area contributed by atoms with E-state index in [0.29, 0.717) is 0 Å². The molecule has 3 rings (SSSR count). The number of benzene rings is 3. The predicted octanol–water partition coefficient (Wildman–Crippen LogP) is 6.80. The van der Waals surface area contributed by atoms with Crippen molar-refractivity contribution in [2.24, 2.45) is 0 Å². The van der Waals surface area contributed by atoms with E-state index in [-0.39, 0.29) is 0 Å². The first kappa shape index (κ1) is 19.4. The number of hydrogen-bond donors (Lipinski definition) is 0. The highest BCUT2D eigenvalue weighted by atomic mass is 14.1. The van der Waals surface area contributed by atoms with Gasteiger partial charge in [-0.1, -0.05) is 82.4 Å². The Hall–Kier alpha value is -2.34. The first-order chi connectivity index (χ1) is 12.9. The molecule has 3 aromatic carbocycles. The smallest absolute Gasteiger partial charge is 0.0238 e. The van der Waals surface area contributed by atoms with Crippen LogP contribution in [0.1, 0.15) is 50.1 Å². The highest BCUT2D eigenvalue weighted by Gasteiger charge is 2.03. The van der Waals surface area contributed by atoms with Crippen molar-refractivity contribution in [1.82, 2.24) is 0 Å². The van der Waals surface area contributed by atoms with Crippen LogP contribution in [0.4, 0.5) is 0 Å². The second-order valence-electron chi connectivity index (χ2n) is 8.32. The van der Waals surface area contributed by atoms with Gasteiger partial charge in [0.25, 0.3) is 0 Å². The van der Waals surface area contributed by atoms with Crippen molar-refractivity contribution in [2.75, 3.05) is 0 Å². The lowest BCUT2D eigenvalue weighted by Crippen LogP contribution is -1.98. The van der Waals surface area contributed by atoms with Crippen molar-refractivity contribution >= 4 is 0 Å². The molecule has 0 aliphatic carbocycles. The van der Waals surface area contributed by atoms with Crippen molar-refractivity contribution in [1.29, 1.82) is 0 Å². The molecule has 0 radical (unpaired) electrons. The molecule has 0 heterocycles. The van der Waals surface area contributed by atoms with Gasteiger partial charge in [-0.3, -0.25) is 0 Å². The maximum atomic E-state index is 2.41. The van der Waals surface area contributed by atoms with Gasteiger partial charge in [-0.05, 0) is 82.6 Å². The second-order valence-corrected chi connectivity index (χ2v) is 8.32. The van der Waals surface area contributed by atoms with Gasteiger partial charge in [0.15, 0.2) is 0 Å². The van der Waals surface area contributed by atoms with Gasteiger partial charge in [-0.25, -0.2) is 0 Å². The van der Waals surface area contributed by atoms with Gasteiger partial charge in [0, 0.05) is 0 Å². The standard InChI is InChI=1S/C27H32/c1-19-10-20(2)13-24(12-19)6-8-26-16-23(5)17-27(18-26)9-7-25-14-21(3)11-22(4)15-25/h10-18H,6-9H2,1-5H3. The van der Waals surface area contributed by atoms with Gasteiger partial charge in [0.2, 0.25) is 0 Å². The molecule has 0 nitrogen and oxygen atoms in total. The Morgan fingerprint density at radius 2 is 0.556 bits per heavy atom. The van der Waals surface area contributed by atoms with E-state index in [1.165, 1.54) is 50.1 Å². The van der Waals surface area contributed by atoms with E-state index in [1.54, 1.807) is 0 Å². The highest BCUT2D eigenvalue weighted by molar-refractivity contribution is 5.34. The summed E-state index contributed by atoms with van der Waals surface area (Å²) in [5.41, 5.74) is 12.7. The molecule has 0 heteroatoms. The van der Waals surface area contributed by atoms with Crippen LogP contribution in [0, 0.1) is 34.6 Å². The van der Waals surface area contributed by atoms with Crippen LogP contribution in [0.5, 0.6) is 0 Å². The molecule has 0 saturated heterocycles. The molecule has 0 amide bonds. The fourth-order valence-corrected chi connectivity index (χ4v) is 4.24. The quantitative estimate of drug-likeness (QED) is 0.455. The summed E-state index contributed by atoms with van der Waals surface area (Å²) in [5.74, 6) is 0. The summed E-state index contributed by atoms with van der Waals surface area (Å²) in [6.07, 6.45) is 4.45. The molecular weight excluding hydrogens is 324 g/mol. The first-order valence-corrected chi connectivity index (χ1v) is 10.1. The van der Waals surface area contributed by atoms with Crippen molar-refractivity contribution < 1.29 is 0 Å². The summed E-state index contributed by atoms with van der Waals surface area (Å²) < 4.78 is 0. The fourth-order valence-electron chi connectivity index (χ4n) is 4.24. The van der Waals surface area contributed by atoms with Crippen molar-refractivity contribution in [3.05, 3.63) is 105 Å². The minimum absolute atomic E-state index is 1.11. The van der Waals surface area contributed by atoms with Crippen molar-refractivity contribution in [2.45, 2.75) is 60.3 Å². The van der Waals surface area contributed by atoms with Crippen LogP contribution in [0.2, 0.25) is 0 Å². The topological polar surface area (TPSA) is 0 Å². The number of rotatable bonds is 6. The number of hydrogen-bond acceptors (Lipinski definition) is 0. The molecule has 0 atom stereocenters. The van der Waals surface area contributed by atoms with E-state index in [0.717, 1.165) is 25.7 Å². The molecule has 0 bridgehead atoms. The van der Waals surface area contributed by atoms with Crippen molar-refractivity contribution in [3.63, 3.8) is 0 Å². The Kier molecular flexibility index (Phi) is 6.16. The zero-order valence-corrected chi connectivity index (χ0v) is 17.5. The molecule has 27 heavy (non-hydrogen) atoms. The fraction of sp³-hybridized carbons (Fsp3) is 0.333. The van der Waals surface area contributed by atoms with Gasteiger partial charge >= 0.3 is 0 Å². The van der Waals surface area contributed by atoms with E-state index in [2.05, 4.69) is 89.2 Å². The van der Waals surface area contributed by atoms with Gasteiger partial charge in [-0.2, -0.15) is 0 Å². The largest absolute Gasteiger partial charge is 0.0564 e. The summed E-state index contributed by atoms with van der Waals surface area (Å²) in [6, 6.07) is 20.9. The molecular formula is C27H32. The maximum Gasteiger partial charge on any atom is -0.0238 e. The van der Waals surface area contributed by atoms with E-state index in [4.69, 9.17) is 0 Å². The van der Waals surface area contributed by atoms with Gasteiger partial charge < -0.3 is 0 Å². The van der Waals surface area contributed by atoms with Crippen LogP contribution in [0.3, 0.4) is 0 Å². The molecule has 0 aliphatic heterocycles. The molecule has 0 unspecified atom stereocenters. The Balaban J connectivity index is 1.68. The third-order valence-electron chi connectivity index (χ3n) is 5.16. The minimum atomic E-state index is 1.11. The zero-order valence-electron chi connectivity index (χ0n) is 17.5. The molecule has 3 aromatic rings. The zero-order chi connectivity index (χ0) is 19.4. The van der Waals surface area contributed by atoms with Crippen LogP contribution in [-0.4, -0.2) is 0 Å². The minimum Gasteiger partial charge on any atom is -0.0564 e. The molecule has 140 valence electrons. The maximum absolute atomic E-state index is 2.41. The predicted molar refractivity (Wildman–Crippen MR) is 118 cm³/mol. The molecule has 0 N–H and O–H groups in total. The lowest BCUT2D eigenvalue weighted by molar-refractivity contribution is 0.923. The molecule has 0 saturated carbocycles. The van der Waals surface area contributed by atoms with E-state index in [9.17, 15) is 0 Å². The van der Waals surface area contributed by atoms with E-state index < -0.39 is 0 Å². The summed E-state index contributed by atoms with van der Waals surface area (Å²) in [4.78, 5) is 0. The third kappa shape index (κ3) is 5.82. The van der Waals surface area contributed by atoms with Crippen LogP contribution in [0.25, 0.3) is 0 Å². The summed E-state index contributed by atoms with van der Waals surface area (Å²) in [7, 11) is 0. The Morgan fingerprint density at radius 3 is 0.852 bits per heavy atom. The van der Waals surface area contributed by atoms with Gasteiger partial charge in [0.05, 0.1) is 0 Å². The molecule has 0 aliphatic rings. The Morgan fingerprint density at radius 1 is 0.333 bits per heavy atom. The Bertz CT molecular complexity index is 817. The third-order valence-corrected chi connectivity index (χ3v) is 5.16. The summed E-state index contributed by atoms with van der Waals surface area (Å²) >= 11 is 0. The lowest BCUT2D eigenvalue weighted by atomic mass is 9.95. The normalized spacial score (nSPS) is 11.0. The second kappa shape index (κ2) is 8.57. The highest BCUT2D eigenvalue weighted by Crippen LogP contribution is 2.17.